The third-order valence-electron chi connectivity index (χ3n) is 2.33. The highest BCUT2D eigenvalue weighted by molar-refractivity contribution is 5.76. The Morgan fingerprint density at radius 3 is 3.07 bits per heavy atom. The third kappa shape index (κ3) is 2.07. The second-order valence-corrected chi connectivity index (χ2v) is 3.54. The molecule has 0 amide bonds. The van der Waals surface area contributed by atoms with E-state index in [9.17, 15) is 4.79 Å². The lowest BCUT2D eigenvalue weighted by atomic mass is 10.2. The fourth-order valence-corrected chi connectivity index (χ4v) is 1.42. The predicted octanol–water partition coefficient (Wildman–Crippen LogP) is 0.997. The Morgan fingerprint density at radius 1 is 1.60 bits per heavy atom. The number of rotatable bonds is 3. The molecule has 1 aromatic heterocycles. The van der Waals surface area contributed by atoms with Gasteiger partial charge in [-0.05, 0) is 18.6 Å². The van der Waals surface area contributed by atoms with Crippen molar-refractivity contribution in [3.8, 4) is 0 Å². The van der Waals surface area contributed by atoms with Crippen LogP contribution in [-0.4, -0.2) is 22.1 Å². The normalized spacial score (nSPS) is 15.8. The van der Waals surface area contributed by atoms with Gasteiger partial charge < -0.3 is 15.2 Å². The van der Waals surface area contributed by atoms with Gasteiger partial charge in [0.1, 0.15) is 11.9 Å². The molecule has 0 fully saturated rings. The van der Waals surface area contributed by atoms with Gasteiger partial charge >= 0.3 is 5.97 Å². The summed E-state index contributed by atoms with van der Waals surface area (Å²) < 4.78 is 5.24. The Bertz CT molecular complexity index is 392. The summed E-state index contributed by atoms with van der Waals surface area (Å²) in [5, 5.41) is 11.5. The molecule has 1 atom stereocenters. The van der Waals surface area contributed by atoms with Crippen LogP contribution in [0.5, 0.6) is 0 Å². The van der Waals surface area contributed by atoms with E-state index in [1.54, 1.807) is 13.1 Å². The van der Waals surface area contributed by atoms with Gasteiger partial charge in [-0.15, -0.1) is 0 Å². The summed E-state index contributed by atoms with van der Waals surface area (Å²) in [4.78, 5) is 14.7. The van der Waals surface area contributed by atoms with Crippen molar-refractivity contribution in [2.24, 2.45) is 0 Å². The molecule has 15 heavy (non-hydrogen) atoms. The second-order valence-electron chi connectivity index (χ2n) is 3.54. The number of aromatic nitrogens is 1. The van der Waals surface area contributed by atoms with Crippen LogP contribution in [0.3, 0.4) is 0 Å². The van der Waals surface area contributed by atoms with E-state index in [0.29, 0.717) is 19.0 Å². The van der Waals surface area contributed by atoms with Gasteiger partial charge in [-0.2, -0.15) is 0 Å². The van der Waals surface area contributed by atoms with Crippen molar-refractivity contribution >= 4 is 11.8 Å². The maximum absolute atomic E-state index is 10.6. The zero-order valence-electron chi connectivity index (χ0n) is 8.36. The van der Waals surface area contributed by atoms with E-state index in [2.05, 4.69) is 10.3 Å². The van der Waals surface area contributed by atoms with Crippen molar-refractivity contribution in [2.75, 3.05) is 5.32 Å². The van der Waals surface area contributed by atoms with Crippen molar-refractivity contribution in [3.63, 3.8) is 0 Å². The van der Waals surface area contributed by atoms with E-state index >= 15 is 0 Å². The number of carboxylic acids is 1. The highest BCUT2D eigenvalue weighted by atomic mass is 16.5. The molecule has 1 aliphatic heterocycles. The third-order valence-corrected chi connectivity index (χ3v) is 2.33. The van der Waals surface area contributed by atoms with Crippen LogP contribution in [0.1, 0.15) is 18.1 Å². The zero-order chi connectivity index (χ0) is 10.8. The molecule has 5 heteroatoms. The molecule has 0 spiro atoms. The first-order chi connectivity index (χ1) is 7.16. The maximum atomic E-state index is 10.6. The fourth-order valence-electron chi connectivity index (χ4n) is 1.42. The van der Waals surface area contributed by atoms with E-state index in [0.717, 1.165) is 11.1 Å². The number of nitrogens with one attached hydrogen (secondary N) is 1. The Hall–Kier alpha value is -1.62. The number of nitrogens with zero attached hydrogens (tertiary/aromatic N) is 1. The summed E-state index contributed by atoms with van der Waals surface area (Å²) in [5.74, 6) is -0.317. The smallest absolute Gasteiger partial charge is 0.325 e. The molecule has 0 saturated heterocycles. The summed E-state index contributed by atoms with van der Waals surface area (Å²) in [6.45, 7) is 2.75. The minimum atomic E-state index is -0.895. The standard InChI is InChI=1S/C10H12N2O3/c1-6(10(13)14)12-9-2-7-4-15-5-8(7)3-11-9/h2-3,6H,4-5H2,1H3,(H,11,12)(H,13,14). The molecule has 1 aromatic rings. The molecular weight excluding hydrogens is 196 g/mol. The molecule has 1 unspecified atom stereocenters. The average molecular weight is 208 g/mol. The van der Waals surface area contributed by atoms with Crippen molar-refractivity contribution in [1.82, 2.24) is 4.98 Å². The van der Waals surface area contributed by atoms with Gasteiger partial charge in [0.2, 0.25) is 0 Å². The quantitative estimate of drug-likeness (QED) is 0.775. The summed E-state index contributed by atoms with van der Waals surface area (Å²) in [6, 6.07) is 1.19. The van der Waals surface area contributed by atoms with Gasteiger partial charge in [-0.25, -0.2) is 4.98 Å². The monoisotopic (exact) mass is 208 g/mol. The molecular formula is C10H12N2O3. The van der Waals surface area contributed by atoms with Crippen LogP contribution in [0.15, 0.2) is 12.3 Å². The first-order valence-electron chi connectivity index (χ1n) is 4.71. The molecule has 0 radical (unpaired) electrons. The van der Waals surface area contributed by atoms with Crippen LogP contribution >= 0.6 is 0 Å². The van der Waals surface area contributed by atoms with Crippen molar-refractivity contribution in [2.45, 2.75) is 26.2 Å². The largest absolute Gasteiger partial charge is 0.480 e. The second kappa shape index (κ2) is 3.86. The van der Waals surface area contributed by atoms with Gasteiger partial charge in [0, 0.05) is 11.8 Å². The molecule has 80 valence electrons. The summed E-state index contributed by atoms with van der Waals surface area (Å²) in [6.07, 6.45) is 1.72. The maximum Gasteiger partial charge on any atom is 0.325 e. The number of ether oxygens (including phenoxy) is 1. The molecule has 1 aliphatic rings. The number of carbonyl (C=O) groups is 1. The lowest BCUT2D eigenvalue weighted by Gasteiger charge is -2.10. The average Bonchev–Trinajstić information content (AvgIpc) is 2.64. The number of anilines is 1. The molecule has 0 aromatic carbocycles. The lowest BCUT2D eigenvalue weighted by molar-refractivity contribution is -0.137. The number of hydrogen-bond donors (Lipinski definition) is 2. The first kappa shape index (κ1) is 9.92. The molecule has 2 N–H and O–H groups in total. The number of aliphatic carboxylic acids is 1. The highest BCUT2D eigenvalue weighted by Crippen LogP contribution is 2.21. The number of hydrogen-bond acceptors (Lipinski definition) is 4. The molecule has 0 saturated carbocycles. The fraction of sp³-hybridized carbons (Fsp3) is 0.400. The van der Waals surface area contributed by atoms with Gasteiger partial charge in [0.05, 0.1) is 13.2 Å². The molecule has 2 heterocycles. The van der Waals surface area contributed by atoms with Gasteiger partial charge in [0.15, 0.2) is 0 Å². The minimum absolute atomic E-state index is 0.577. The van der Waals surface area contributed by atoms with Gasteiger partial charge in [-0.3, -0.25) is 4.79 Å². The van der Waals surface area contributed by atoms with Gasteiger partial charge in [0.25, 0.3) is 0 Å². The topological polar surface area (TPSA) is 71.5 Å². The molecule has 5 nitrogen and oxygen atoms in total. The van der Waals surface area contributed by atoms with Crippen LogP contribution in [0.25, 0.3) is 0 Å². The van der Waals surface area contributed by atoms with E-state index in [1.165, 1.54) is 0 Å². The Morgan fingerprint density at radius 2 is 2.33 bits per heavy atom. The van der Waals surface area contributed by atoms with Crippen LogP contribution in [0, 0.1) is 0 Å². The zero-order valence-corrected chi connectivity index (χ0v) is 8.36. The summed E-state index contributed by atoms with van der Waals surface area (Å²) in [5.41, 5.74) is 2.15. The number of carboxylic acid groups (broad SMARTS) is 1. The number of pyridine rings is 1. The van der Waals surface area contributed by atoms with Gasteiger partial charge in [-0.1, -0.05) is 0 Å². The highest BCUT2D eigenvalue weighted by Gasteiger charge is 2.15. The predicted molar refractivity (Wildman–Crippen MR) is 53.5 cm³/mol. The van der Waals surface area contributed by atoms with E-state index < -0.39 is 12.0 Å². The van der Waals surface area contributed by atoms with Crippen LogP contribution in [0.2, 0.25) is 0 Å². The Labute approximate surface area is 87.1 Å². The van der Waals surface area contributed by atoms with E-state index in [1.807, 2.05) is 6.07 Å². The summed E-state index contributed by atoms with van der Waals surface area (Å²) >= 11 is 0. The van der Waals surface area contributed by atoms with E-state index in [-0.39, 0.29) is 0 Å². The van der Waals surface area contributed by atoms with Crippen molar-refractivity contribution in [3.05, 3.63) is 23.4 Å². The minimum Gasteiger partial charge on any atom is -0.480 e. The van der Waals surface area contributed by atoms with Crippen LogP contribution in [-0.2, 0) is 22.7 Å². The van der Waals surface area contributed by atoms with Crippen LogP contribution in [0.4, 0.5) is 5.82 Å². The lowest BCUT2D eigenvalue weighted by Crippen LogP contribution is -2.25. The summed E-state index contributed by atoms with van der Waals surface area (Å²) in [7, 11) is 0. The first-order valence-corrected chi connectivity index (χ1v) is 4.71. The van der Waals surface area contributed by atoms with Crippen molar-refractivity contribution in [1.29, 1.82) is 0 Å². The Balaban J connectivity index is 2.13. The van der Waals surface area contributed by atoms with E-state index in [4.69, 9.17) is 9.84 Å². The number of fused-ring (bicyclic) bond motifs is 1. The SMILES string of the molecule is CC(Nc1cc2c(cn1)COC2)C(=O)O. The molecule has 0 aliphatic carbocycles. The van der Waals surface area contributed by atoms with Crippen LogP contribution < -0.4 is 5.32 Å². The molecule has 0 bridgehead atoms. The van der Waals surface area contributed by atoms with Crippen molar-refractivity contribution < 1.29 is 14.6 Å². The Kier molecular flexibility index (Phi) is 2.55. The molecule has 2 rings (SSSR count).